The quantitative estimate of drug-likeness (QED) is 0.249. The Kier molecular flexibility index (Phi) is 7.73. The third-order valence-corrected chi connectivity index (χ3v) is 10.1. The number of piperidine rings is 1. The molecule has 1 aromatic heterocycles. The maximum absolute atomic E-state index is 13.1. The largest absolute Gasteiger partial charge is 0.345 e. The second-order valence-electron chi connectivity index (χ2n) is 12.0. The number of terminal acetylenes is 1. The van der Waals surface area contributed by atoms with Crippen molar-refractivity contribution in [3.05, 3.63) is 68.7 Å². The normalized spacial score (nSPS) is 20.4. The molecule has 7 rings (SSSR count). The van der Waals surface area contributed by atoms with Crippen LogP contribution in [0.1, 0.15) is 99.9 Å². The third kappa shape index (κ3) is 4.75. The van der Waals surface area contributed by atoms with Gasteiger partial charge in [0.2, 0.25) is 6.41 Å². The Bertz CT molecular complexity index is 1500. The van der Waals surface area contributed by atoms with Gasteiger partial charge >= 0.3 is 0 Å². The molecule has 3 heterocycles. The SMILES string of the molecule is C#CC1CCCCC1.O=CN1CCC(c2ccc3c(c2)-n2c(nc(=O)c4c(Cl)cccc42)C32CCCCC2)CC1. The molecule has 0 atom stereocenters. The standard InChI is InChI=1S/C26H26ClN3O2.C8H12/c27-20-5-4-6-21-23(20)24(32)28-25-26(11-2-1-3-12-26)19-8-7-18(15-22(19)30(21)25)17-9-13-29(16-31)14-10-17;1-2-8-6-4-3-5-7-8/h4-8,15-17H,1-3,9-14H2;1,8H,3-7H2. The van der Waals surface area contributed by atoms with Crippen molar-refractivity contribution in [2.45, 2.75) is 88.4 Å². The topological polar surface area (TPSA) is 55.2 Å². The summed E-state index contributed by atoms with van der Waals surface area (Å²) in [6.45, 7) is 1.61. The van der Waals surface area contributed by atoms with Gasteiger partial charge in [-0.1, -0.05) is 68.3 Å². The molecule has 0 unspecified atom stereocenters. The number of likely N-dealkylation sites (tertiary alicyclic amines) is 1. The Morgan fingerprint density at radius 2 is 1.70 bits per heavy atom. The summed E-state index contributed by atoms with van der Waals surface area (Å²) in [6.07, 6.45) is 20.4. The molecule has 0 bridgehead atoms. The highest BCUT2D eigenvalue weighted by Crippen LogP contribution is 2.52. The molecule has 1 spiro atoms. The number of halogens is 1. The van der Waals surface area contributed by atoms with Crippen molar-refractivity contribution < 1.29 is 4.79 Å². The lowest BCUT2D eigenvalue weighted by molar-refractivity contribution is -0.119. The molecule has 3 fully saturated rings. The molecule has 40 heavy (non-hydrogen) atoms. The van der Waals surface area contributed by atoms with Gasteiger partial charge in [-0.25, -0.2) is 0 Å². The fraction of sp³-hybridized carbons (Fsp3) is 0.500. The summed E-state index contributed by atoms with van der Waals surface area (Å²) >= 11 is 6.46. The molecule has 5 nitrogen and oxygen atoms in total. The number of hydrogen-bond donors (Lipinski definition) is 0. The van der Waals surface area contributed by atoms with Crippen LogP contribution in [-0.4, -0.2) is 34.0 Å². The van der Waals surface area contributed by atoms with Crippen LogP contribution in [0.3, 0.4) is 0 Å². The van der Waals surface area contributed by atoms with Gasteiger partial charge in [-0.3, -0.25) is 14.2 Å². The highest BCUT2D eigenvalue weighted by Gasteiger charge is 2.46. The lowest BCUT2D eigenvalue weighted by Gasteiger charge is -2.34. The van der Waals surface area contributed by atoms with Crippen molar-refractivity contribution in [2.75, 3.05) is 13.1 Å². The molecular weight excluding hydrogens is 518 g/mol. The van der Waals surface area contributed by atoms with Crippen LogP contribution in [0.5, 0.6) is 0 Å². The van der Waals surface area contributed by atoms with Gasteiger partial charge in [-0.05, 0) is 73.8 Å². The number of carbonyl (C=O) groups excluding carboxylic acids is 1. The van der Waals surface area contributed by atoms with E-state index >= 15 is 0 Å². The van der Waals surface area contributed by atoms with Crippen LogP contribution >= 0.6 is 11.6 Å². The van der Waals surface area contributed by atoms with E-state index in [9.17, 15) is 9.59 Å². The van der Waals surface area contributed by atoms with Crippen molar-refractivity contribution in [2.24, 2.45) is 5.92 Å². The van der Waals surface area contributed by atoms with Gasteiger partial charge in [-0.2, -0.15) is 4.98 Å². The zero-order chi connectivity index (χ0) is 27.7. The summed E-state index contributed by atoms with van der Waals surface area (Å²) in [4.78, 5) is 30.7. The summed E-state index contributed by atoms with van der Waals surface area (Å²) in [5.74, 6) is 4.74. The molecule has 2 aromatic carbocycles. The van der Waals surface area contributed by atoms with Crippen molar-refractivity contribution in [3.63, 3.8) is 0 Å². The fourth-order valence-electron chi connectivity index (χ4n) is 7.56. The molecule has 6 heteroatoms. The summed E-state index contributed by atoms with van der Waals surface area (Å²) in [5.41, 5.74) is 4.19. The number of rotatable bonds is 2. The van der Waals surface area contributed by atoms with Crippen LogP contribution < -0.4 is 5.56 Å². The molecule has 2 aliphatic carbocycles. The molecule has 0 radical (unpaired) electrons. The van der Waals surface area contributed by atoms with Gasteiger partial charge in [-0.15, -0.1) is 12.3 Å². The number of nitrogens with zero attached hydrogens (tertiary/aromatic N) is 3. The van der Waals surface area contributed by atoms with Crippen LogP contribution in [-0.2, 0) is 10.2 Å². The van der Waals surface area contributed by atoms with E-state index in [-0.39, 0.29) is 11.0 Å². The lowest BCUT2D eigenvalue weighted by Crippen LogP contribution is -2.32. The number of aromatic nitrogens is 2. The number of benzene rings is 2. The first-order valence-electron chi connectivity index (χ1n) is 15.1. The molecule has 4 aliphatic rings. The Morgan fingerprint density at radius 3 is 2.38 bits per heavy atom. The Labute approximate surface area is 241 Å². The smallest absolute Gasteiger partial charge is 0.282 e. The van der Waals surface area contributed by atoms with Crippen molar-refractivity contribution >= 4 is 28.9 Å². The molecule has 2 aliphatic heterocycles. The second-order valence-corrected chi connectivity index (χ2v) is 12.5. The lowest BCUT2D eigenvalue weighted by atomic mass is 9.69. The van der Waals surface area contributed by atoms with Crippen molar-refractivity contribution in [1.29, 1.82) is 0 Å². The zero-order valence-corrected chi connectivity index (χ0v) is 24.0. The zero-order valence-electron chi connectivity index (χ0n) is 23.2. The molecule has 3 aromatic rings. The van der Waals surface area contributed by atoms with Crippen LogP contribution in [0.2, 0.25) is 5.02 Å². The minimum absolute atomic E-state index is 0.192. The van der Waals surface area contributed by atoms with E-state index in [4.69, 9.17) is 18.0 Å². The van der Waals surface area contributed by atoms with Gasteiger partial charge in [0.25, 0.3) is 5.56 Å². The third-order valence-electron chi connectivity index (χ3n) is 9.77. The van der Waals surface area contributed by atoms with Crippen molar-refractivity contribution in [3.8, 4) is 18.0 Å². The molecule has 0 N–H and O–H groups in total. The van der Waals surface area contributed by atoms with E-state index in [1.807, 2.05) is 17.0 Å². The van der Waals surface area contributed by atoms with E-state index in [1.54, 1.807) is 6.07 Å². The Balaban J connectivity index is 0.000000313. The summed E-state index contributed by atoms with van der Waals surface area (Å²) in [5, 5.41) is 0.959. The predicted molar refractivity (Wildman–Crippen MR) is 161 cm³/mol. The molecule has 1 saturated heterocycles. The molecule has 208 valence electrons. The van der Waals surface area contributed by atoms with Gasteiger partial charge < -0.3 is 4.90 Å². The van der Waals surface area contributed by atoms with Gasteiger partial charge in [0.1, 0.15) is 5.82 Å². The number of hydrogen-bond acceptors (Lipinski definition) is 3. The second kappa shape index (κ2) is 11.4. The minimum atomic E-state index is -0.226. The summed E-state index contributed by atoms with van der Waals surface area (Å²) in [7, 11) is 0. The van der Waals surface area contributed by atoms with E-state index in [0.29, 0.717) is 22.2 Å². The summed E-state index contributed by atoms with van der Waals surface area (Å²) < 4.78 is 2.22. The number of amides is 1. The van der Waals surface area contributed by atoms with Gasteiger partial charge in [0.05, 0.1) is 27.0 Å². The first-order chi connectivity index (χ1) is 19.6. The van der Waals surface area contributed by atoms with Crippen LogP contribution in [0, 0.1) is 18.3 Å². The molecule has 2 saturated carbocycles. The number of carbonyl (C=O) groups is 1. The van der Waals surface area contributed by atoms with Gasteiger partial charge in [0.15, 0.2) is 0 Å². The minimum Gasteiger partial charge on any atom is -0.345 e. The average Bonchev–Trinajstić information content (AvgIpc) is 3.26. The highest BCUT2D eigenvalue weighted by atomic mass is 35.5. The number of fused-ring (bicyclic) bond motifs is 7. The van der Waals surface area contributed by atoms with E-state index < -0.39 is 0 Å². The first-order valence-corrected chi connectivity index (χ1v) is 15.5. The van der Waals surface area contributed by atoms with Crippen LogP contribution in [0.25, 0.3) is 16.6 Å². The Morgan fingerprint density at radius 1 is 0.975 bits per heavy atom. The summed E-state index contributed by atoms with van der Waals surface area (Å²) in [6, 6.07) is 12.6. The predicted octanol–water partition coefficient (Wildman–Crippen LogP) is 7.14. The van der Waals surface area contributed by atoms with E-state index in [0.717, 1.165) is 75.1 Å². The van der Waals surface area contributed by atoms with Crippen LogP contribution in [0.15, 0.2) is 41.2 Å². The Hall–Kier alpha value is -3.10. The molecular formula is C34H38ClN3O2. The van der Waals surface area contributed by atoms with Crippen molar-refractivity contribution in [1.82, 2.24) is 14.5 Å². The van der Waals surface area contributed by atoms with Crippen LogP contribution in [0.4, 0.5) is 0 Å². The van der Waals surface area contributed by atoms with E-state index in [2.05, 4.69) is 33.7 Å². The monoisotopic (exact) mass is 555 g/mol. The van der Waals surface area contributed by atoms with E-state index in [1.165, 1.54) is 49.7 Å². The first kappa shape index (κ1) is 27.1. The fourth-order valence-corrected chi connectivity index (χ4v) is 7.81. The maximum Gasteiger partial charge on any atom is 0.282 e. The average molecular weight is 556 g/mol. The van der Waals surface area contributed by atoms with Gasteiger partial charge in [0, 0.05) is 19.0 Å². The molecule has 1 amide bonds. The highest BCUT2D eigenvalue weighted by molar-refractivity contribution is 6.35. The maximum atomic E-state index is 13.1.